The highest BCUT2D eigenvalue weighted by Crippen LogP contribution is 2.33. The van der Waals surface area contributed by atoms with E-state index in [1.165, 1.54) is 26.4 Å². The number of nitrogens with one attached hydrogen (secondary N) is 1. The molecule has 1 N–H and O–H groups in total. The maximum atomic E-state index is 13.5. The summed E-state index contributed by atoms with van der Waals surface area (Å²) in [6.45, 7) is 5.47. The van der Waals surface area contributed by atoms with Crippen molar-refractivity contribution in [2.24, 2.45) is 0 Å². The lowest BCUT2D eigenvalue weighted by Gasteiger charge is -2.26. The van der Waals surface area contributed by atoms with Gasteiger partial charge in [0, 0.05) is 6.07 Å². The number of ether oxygens (including phenoxy) is 2. The third-order valence-electron chi connectivity index (χ3n) is 5.54. The number of carbonyl (C=O) groups excluding carboxylic acids is 1. The van der Waals surface area contributed by atoms with Crippen molar-refractivity contribution in [3.8, 4) is 11.5 Å². The fraction of sp³-hybridized carbons (Fsp3) is 0.269. The first-order valence-electron chi connectivity index (χ1n) is 10.8. The number of amides is 1. The maximum absolute atomic E-state index is 13.5. The van der Waals surface area contributed by atoms with E-state index < -0.39 is 22.5 Å². The Morgan fingerprint density at radius 3 is 2.24 bits per heavy atom. The zero-order chi connectivity index (χ0) is 24.9. The van der Waals surface area contributed by atoms with Crippen LogP contribution in [0.5, 0.6) is 11.5 Å². The van der Waals surface area contributed by atoms with Crippen LogP contribution in [0.25, 0.3) is 0 Å². The minimum Gasteiger partial charge on any atom is -0.493 e. The van der Waals surface area contributed by atoms with Crippen molar-refractivity contribution >= 4 is 21.6 Å². The number of rotatable bonds is 9. The number of benzene rings is 3. The van der Waals surface area contributed by atoms with Gasteiger partial charge >= 0.3 is 0 Å². The quantitative estimate of drug-likeness (QED) is 0.489. The number of hydrogen-bond acceptors (Lipinski definition) is 5. The molecule has 0 saturated carbocycles. The van der Waals surface area contributed by atoms with Gasteiger partial charge in [0.2, 0.25) is 5.91 Å². The van der Waals surface area contributed by atoms with E-state index in [0.29, 0.717) is 11.5 Å². The second-order valence-corrected chi connectivity index (χ2v) is 9.88. The Hall–Kier alpha value is -3.52. The molecule has 1 amide bonds. The van der Waals surface area contributed by atoms with Gasteiger partial charge < -0.3 is 14.8 Å². The normalized spacial score (nSPS) is 12.0. The molecule has 0 bridgehead atoms. The van der Waals surface area contributed by atoms with E-state index in [9.17, 15) is 13.2 Å². The summed E-state index contributed by atoms with van der Waals surface area (Å²) in [6, 6.07) is 18.5. The van der Waals surface area contributed by atoms with Crippen molar-refractivity contribution in [3.63, 3.8) is 0 Å². The second-order valence-electron chi connectivity index (χ2n) is 8.01. The summed E-state index contributed by atoms with van der Waals surface area (Å²) in [5.41, 5.74) is 3.45. The fourth-order valence-corrected chi connectivity index (χ4v) is 5.26. The first kappa shape index (κ1) is 25.1. The highest BCUT2D eigenvalue weighted by molar-refractivity contribution is 7.92. The first-order chi connectivity index (χ1) is 16.2. The molecule has 8 heteroatoms. The van der Waals surface area contributed by atoms with Gasteiger partial charge in [-0.3, -0.25) is 9.10 Å². The van der Waals surface area contributed by atoms with E-state index in [-0.39, 0.29) is 16.6 Å². The van der Waals surface area contributed by atoms with Crippen molar-refractivity contribution in [2.75, 3.05) is 25.1 Å². The molecule has 0 heterocycles. The average molecular weight is 483 g/mol. The van der Waals surface area contributed by atoms with Crippen LogP contribution in [0.3, 0.4) is 0 Å². The van der Waals surface area contributed by atoms with Gasteiger partial charge in [-0.2, -0.15) is 0 Å². The molecule has 0 spiro atoms. The highest BCUT2D eigenvalue weighted by atomic mass is 32.2. The summed E-state index contributed by atoms with van der Waals surface area (Å²) in [5, 5.41) is 2.93. The third-order valence-corrected chi connectivity index (χ3v) is 7.33. The molecule has 3 aromatic carbocycles. The van der Waals surface area contributed by atoms with Crippen molar-refractivity contribution in [1.29, 1.82) is 0 Å². The fourth-order valence-electron chi connectivity index (χ4n) is 3.82. The largest absolute Gasteiger partial charge is 0.493 e. The van der Waals surface area contributed by atoms with Crippen LogP contribution in [0.15, 0.2) is 71.6 Å². The van der Waals surface area contributed by atoms with Gasteiger partial charge in [-0.05, 0) is 56.2 Å². The lowest BCUT2D eigenvalue weighted by molar-refractivity contribution is -0.120. The third kappa shape index (κ3) is 5.51. The Morgan fingerprint density at radius 1 is 0.941 bits per heavy atom. The number of nitrogens with zero attached hydrogens (tertiary/aromatic N) is 1. The molecule has 1 atom stereocenters. The molecule has 3 rings (SSSR count). The maximum Gasteiger partial charge on any atom is 0.264 e. The van der Waals surface area contributed by atoms with Crippen molar-refractivity contribution in [3.05, 3.63) is 83.4 Å². The van der Waals surface area contributed by atoms with Crippen LogP contribution in [0.2, 0.25) is 0 Å². The van der Waals surface area contributed by atoms with Gasteiger partial charge in [0.05, 0.1) is 30.8 Å². The van der Waals surface area contributed by atoms with E-state index in [4.69, 9.17) is 9.47 Å². The summed E-state index contributed by atoms with van der Waals surface area (Å²) in [5.74, 6) is 0.385. The second kappa shape index (κ2) is 10.6. The molecule has 3 aromatic rings. The van der Waals surface area contributed by atoms with Gasteiger partial charge in [-0.15, -0.1) is 0 Å². The Labute approximate surface area is 201 Å². The number of aryl methyl sites for hydroxylation is 2. The zero-order valence-electron chi connectivity index (χ0n) is 20.0. The van der Waals surface area contributed by atoms with Gasteiger partial charge in [0.25, 0.3) is 10.0 Å². The van der Waals surface area contributed by atoms with Crippen molar-refractivity contribution in [2.45, 2.75) is 31.7 Å². The van der Waals surface area contributed by atoms with Crippen LogP contribution in [-0.2, 0) is 14.8 Å². The van der Waals surface area contributed by atoms with E-state index in [0.717, 1.165) is 21.0 Å². The van der Waals surface area contributed by atoms with Gasteiger partial charge in [0.15, 0.2) is 11.5 Å². The molecule has 0 unspecified atom stereocenters. The molecule has 0 saturated heterocycles. The standard InChI is InChI=1S/C26H30N2O5S/c1-18-11-13-23(19(2)15-18)20(3)27-26(29)17-28(34(30,31)22-9-7-6-8-10-22)21-12-14-24(32-4)25(16-21)33-5/h6-16,20H,17H2,1-5H3,(H,27,29)/t20-/m0/s1. The van der Waals surface area contributed by atoms with Crippen LogP contribution in [0.1, 0.15) is 29.7 Å². The average Bonchev–Trinajstić information content (AvgIpc) is 2.82. The van der Waals surface area contributed by atoms with Crippen molar-refractivity contribution in [1.82, 2.24) is 5.32 Å². The van der Waals surface area contributed by atoms with Crippen LogP contribution < -0.4 is 19.1 Å². The Balaban J connectivity index is 1.95. The Morgan fingerprint density at radius 2 is 1.62 bits per heavy atom. The van der Waals surface area contributed by atoms with E-state index >= 15 is 0 Å². The van der Waals surface area contributed by atoms with Crippen LogP contribution >= 0.6 is 0 Å². The number of carbonyl (C=O) groups is 1. The lowest BCUT2D eigenvalue weighted by Crippen LogP contribution is -2.41. The van der Waals surface area contributed by atoms with Crippen molar-refractivity contribution < 1.29 is 22.7 Å². The van der Waals surface area contributed by atoms with E-state index in [1.54, 1.807) is 36.4 Å². The number of sulfonamides is 1. The molecule has 180 valence electrons. The lowest BCUT2D eigenvalue weighted by atomic mass is 10.0. The first-order valence-corrected chi connectivity index (χ1v) is 12.3. The highest BCUT2D eigenvalue weighted by Gasteiger charge is 2.28. The topological polar surface area (TPSA) is 84.9 Å². The summed E-state index contributed by atoms with van der Waals surface area (Å²) >= 11 is 0. The molecule has 7 nitrogen and oxygen atoms in total. The van der Waals surface area contributed by atoms with Crippen LogP contribution in [-0.4, -0.2) is 35.1 Å². The van der Waals surface area contributed by atoms with E-state index in [1.807, 2.05) is 39.0 Å². The Bertz CT molecular complexity index is 1260. The predicted molar refractivity (Wildman–Crippen MR) is 133 cm³/mol. The van der Waals surface area contributed by atoms with Gasteiger partial charge in [0.1, 0.15) is 6.54 Å². The minimum atomic E-state index is -4.03. The molecule has 0 fully saturated rings. The Kier molecular flexibility index (Phi) is 7.83. The van der Waals surface area contributed by atoms with Gasteiger partial charge in [-0.25, -0.2) is 8.42 Å². The summed E-state index contributed by atoms with van der Waals surface area (Å²) < 4.78 is 38.8. The molecule has 0 aliphatic carbocycles. The van der Waals surface area contributed by atoms with Gasteiger partial charge in [-0.1, -0.05) is 42.0 Å². The monoisotopic (exact) mass is 482 g/mol. The molecule has 34 heavy (non-hydrogen) atoms. The molecule has 0 aliphatic rings. The van der Waals surface area contributed by atoms with Crippen LogP contribution in [0.4, 0.5) is 5.69 Å². The molecule has 0 aromatic heterocycles. The minimum absolute atomic E-state index is 0.0833. The number of anilines is 1. The molecular weight excluding hydrogens is 452 g/mol. The number of methoxy groups -OCH3 is 2. The van der Waals surface area contributed by atoms with Crippen LogP contribution in [0, 0.1) is 13.8 Å². The van der Waals surface area contributed by atoms with E-state index in [2.05, 4.69) is 5.32 Å². The summed E-state index contributed by atoms with van der Waals surface area (Å²) in [7, 11) is -1.07. The SMILES string of the molecule is COc1ccc(N(CC(=O)N[C@@H](C)c2ccc(C)cc2C)S(=O)(=O)c2ccccc2)cc1OC. The zero-order valence-corrected chi connectivity index (χ0v) is 20.8. The molecule has 0 aliphatic heterocycles. The summed E-state index contributed by atoms with van der Waals surface area (Å²) in [4.78, 5) is 13.2. The molecule has 0 radical (unpaired) electrons. The summed E-state index contributed by atoms with van der Waals surface area (Å²) in [6.07, 6.45) is 0. The number of hydrogen-bond donors (Lipinski definition) is 1. The predicted octanol–water partition coefficient (Wildman–Crippen LogP) is 4.39. The smallest absolute Gasteiger partial charge is 0.264 e. The molecular formula is C26H30N2O5S.